The van der Waals surface area contributed by atoms with Crippen LogP contribution >= 0.6 is 11.6 Å². The van der Waals surface area contributed by atoms with E-state index < -0.39 is 4.92 Å². The van der Waals surface area contributed by atoms with Gasteiger partial charge in [0.05, 0.1) is 4.92 Å². The molecule has 5 heteroatoms. The second-order valence-electron chi connectivity index (χ2n) is 4.05. The van der Waals surface area contributed by atoms with Crippen LogP contribution in [0.25, 0.3) is 6.08 Å². The zero-order valence-electron chi connectivity index (χ0n) is 10.3. The van der Waals surface area contributed by atoms with Gasteiger partial charge in [0, 0.05) is 22.7 Å². The quantitative estimate of drug-likeness (QED) is 0.367. The van der Waals surface area contributed by atoms with E-state index in [0.29, 0.717) is 10.6 Å². The summed E-state index contributed by atoms with van der Waals surface area (Å²) in [5.74, 6) is -0.213. The summed E-state index contributed by atoms with van der Waals surface area (Å²) in [6.07, 6.45) is 3.09. The number of ketones is 1. The Bertz CT molecular complexity index is 661. The van der Waals surface area contributed by atoms with Crippen molar-refractivity contribution in [2.24, 2.45) is 0 Å². The van der Waals surface area contributed by atoms with Crippen LogP contribution in [-0.4, -0.2) is 10.7 Å². The zero-order chi connectivity index (χ0) is 14.5. The molecule has 0 aromatic heterocycles. The van der Waals surface area contributed by atoms with Gasteiger partial charge in [0.25, 0.3) is 5.69 Å². The van der Waals surface area contributed by atoms with Crippen LogP contribution in [0.1, 0.15) is 15.9 Å². The maximum Gasteiger partial charge on any atom is 0.269 e. The van der Waals surface area contributed by atoms with Crippen LogP contribution in [0.15, 0.2) is 54.6 Å². The molecule has 0 saturated heterocycles. The summed E-state index contributed by atoms with van der Waals surface area (Å²) in [6.45, 7) is 0. The Kier molecular flexibility index (Phi) is 4.27. The smallest absolute Gasteiger partial charge is 0.269 e. The Balaban J connectivity index is 2.11. The van der Waals surface area contributed by atoms with Gasteiger partial charge < -0.3 is 0 Å². The molecule has 0 aliphatic heterocycles. The van der Waals surface area contributed by atoms with Gasteiger partial charge in [-0.3, -0.25) is 14.9 Å². The number of carbonyl (C=O) groups is 1. The highest BCUT2D eigenvalue weighted by atomic mass is 35.5. The minimum atomic E-state index is -0.502. The van der Waals surface area contributed by atoms with Crippen molar-refractivity contribution in [3.05, 3.63) is 80.9 Å². The van der Waals surface area contributed by atoms with Crippen molar-refractivity contribution in [2.75, 3.05) is 0 Å². The van der Waals surface area contributed by atoms with Crippen molar-refractivity contribution in [1.29, 1.82) is 0 Å². The zero-order valence-corrected chi connectivity index (χ0v) is 11.1. The average molecular weight is 288 g/mol. The third-order valence-electron chi connectivity index (χ3n) is 2.66. The molecular weight excluding hydrogens is 278 g/mol. The first-order valence-corrected chi connectivity index (χ1v) is 6.16. The summed E-state index contributed by atoms with van der Waals surface area (Å²) in [6, 6.07) is 12.5. The SMILES string of the molecule is O=C(/C=C/c1ccc(Cl)cc1)c1ccc([N+](=O)[O-])cc1. The fourth-order valence-electron chi connectivity index (χ4n) is 1.59. The minimum absolute atomic E-state index is 0.0387. The van der Waals surface area contributed by atoms with Gasteiger partial charge in [0.1, 0.15) is 0 Å². The van der Waals surface area contributed by atoms with Gasteiger partial charge in [0.2, 0.25) is 0 Å². The lowest BCUT2D eigenvalue weighted by Gasteiger charge is -1.96. The largest absolute Gasteiger partial charge is 0.289 e. The number of rotatable bonds is 4. The highest BCUT2D eigenvalue weighted by molar-refractivity contribution is 6.30. The van der Waals surface area contributed by atoms with Crippen LogP contribution in [-0.2, 0) is 0 Å². The number of hydrogen-bond donors (Lipinski definition) is 0. The van der Waals surface area contributed by atoms with Crippen molar-refractivity contribution < 1.29 is 9.72 Å². The fourth-order valence-corrected chi connectivity index (χ4v) is 1.72. The first-order chi connectivity index (χ1) is 9.56. The first kappa shape index (κ1) is 14.0. The molecule has 0 heterocycles. The summed E-state index contributed by atoms with van der Waals surface area (Å²) in [4.78, 5) is 21.9. The van der Waals surface area contributed by atoms with Gasteiger partial charge >= 0.3 is 0 Å². The Morgan fingerprint density at radius 3 is 2.20 bits per heavy atom. The Hall–Kier alpha value is -2.46. The maximum absolute atomic E-state index is 11.9. The number of hydrogen-bond acceptors (Lipinski definition) is 3. The van der Waals surface area contributed by atoms with Crippen LogP contribution in [0.4, 0.5) is 5.69 Å². The van der Waals surface area contributed by atoms with Crippen molar-refractivity contribution in [3.8, 4) is 0 Å². The van der Waals surface area contributed by atoms with E-state index in [4.69, 9.17) is 11.6 Å². The molecule has 0 spiro atoms. The summed E-state index contributed by atoms with van der Waals surface area (Å²) in [5, 5.41) is 11.1. The molecule has 100 valence electrons. The van der Waals surface area contributed by atoms with E-state index in [-0.39, 0.29) is 11.5 Å². The normalized spacial score (nSPS) is 10.7. The second kappa shape index (κ2) is 6.12. The second-order valence-corrected chi connectivity index (χ2v) is 4.49. The molecule has 0 fully saturated rings. The highest BCUT2D eigenvalue weighted by Crippen LogP contribution is 2.14. The van der Waals surface area contributed by atoms with Crippen molar-refractivity contribution in [2.45, 2.75) is 0 Å². The number of nitrogens with zero attached hydrogens (tertiary/aromatic N) is 1. The molecule has 0 saturated carbocycles. The maximum atomic E-state index is 11.9. The molecule has 4 nitrogen and oxygen atoms in total. The first-order valence-electron chi connectivity index (χ1n) is 5.79. The molecule has 0 amide bonds. The highest BCUT2D eigenvalue weighted by Gasteiger charge is 2.07. The van der Waals surface area contributed by atoms with E-state index in [1.807, 2.05) is 0 Å². The van der Waals surface area contributed by atoms with Gasteiger partial charge in [-0.05, 0) is 35.9 Å². The van der Waals surface area contributed by atoms with Crippen LogP contribution < -0.4 is 0 Å². The van der Waals surface area contributed by atoms with Crippen LogP contribution in [0.3, 0.4) is 0 Å². The van der Waals surface area contributed by atoms with Crippen molar-refractivity contribution in [1.82, 2.24) is 0 Å². The average Bonchev–Trinajstić information content (AvgIpc) is 2.46. The van der Waals surface area contributed by atoms with Crippen LogP contribution in [0.2, 0.25) is 5.02 Å². The molecule has 0 N–H and O–H groups in total. The van der Waals surface area contributed by atoms with Gasteiger partial charge in [0.15, 0.2) is 5.78 Å². The monoisotopic (exact) mass is 287 g/mol. The van der Waals surface area contributed by atoms with Gasteiger partial charge in [-0.2, -0.15) is 0 Å². The summed E-state index contributed by atoms with van der Waals surface area (Å²) < 4.78 is 0. The lowest BCUT2D eigenvalue weighted by molar-refractivity contribution is -0.384. The predicted octanol–water partition coefficient (Wildman–Crippen LogP) is 4.14. The number of non-ortho nitro benzene ring substituents is 1. The Labute approximate surface area is 120 Å². The van der Waals surface area contributed by atoms with Crippen LogP contribution in [0.5, 0.6) is 0 Å². The summed E-state index contributed by atoms with van der Waals surface area (Å²) in [5.41, 5.74) is 1.22. The van der Waals surface area contributed by atoms with Gasteiger partial charge in [-0.1, -0.05) is 29.8 Å². The number of halogens is 1. The third-order valence-corrected chi connectivity index (χ3v) is 2.91. The molecule has 0 aliphatic rings. The third kappa shape index (κ3) is 3.52. The van der Waals surface area contributed by atoms with E-state index in [1.54, 1.807) is 30.3 Å². The minimum Gasteiger partial charge on any atom is -0.289 e. The van der Waals surface area contributed by atoms with E-state index in [1.165, 1.54) is 30.3 Å². The van der Waals surface area contributed by atoms with E-state index in [0.717, 1.165) is 5.56 Å². The Morgan fingerprint density at radius 2 is 1.65 bits per heavy atom. The molecule has 0 unspecified atom stereocenters. The van der Waals surface area contributed by atoms with E-state index >= 15 is 0 Å². The number of benzene rings is 2. The van der Waals surface area contributed by atoms with Crippen LogP contribution in [0, 0.1) is 10.1 Å². The molecule has 2 aromatic rings. The molecule has 20 heavy (non-hydrogen) atoms. The number of allylic oxidation sites excluding steroid dienone is 1. The number of carbonyl (C=O) groups excluding carboxylic acids is 1. The standard InChI is InChI=1S/C15H10ClNO3/c16-13-6-1-11(2-7-13)3-10-15(18)12-4-8-14(9-5-12)17(19)20/h1-10H/b10-3+. The fraction of sp³-hybridized carbons (Fsp3) is 0. The molecule has 2 rings (SSSR count). The van der Waals surface area contributed by atoms with Gasteiger partial charge in [-0.25, -0.2) is 0 Å². The van der Waals surface area contributed by atoms with E-state index in [9.17, 15) is 14.9 Å². The molecular formula is C15H10ClNO3. The molecule has 0 bridgehead atoms. The molecule has 0 atom stereocenters. The van der Waals surface area contributed by atoms with Crippen molar-refractivity contribution in [3.63, 3.8) is 0 Å². The van der Waals surface area contributed by atoms with Gasteiger partial charge in [-0.15, -0.1) is 0 Å². The summed E-state index contributed by atoms with van der Waals surface area (Å²) >= 11 is 5.76. The lowest BCUT2D eigenvalue weighted by Crippen LogP contribution is -1.95. The predicted molar refractivity (Wildman–Crippen MR) is 77.9 cm³/mol. The lowest BCUT2D eigenvalue weighted by atomic mass is 10.1. The summed E-state index contributed by atoms with van der Waals surface area (Å²) in [7, 11) is 0. The van der Waals surface area contributed by atoms with E-state index in [2.05, 4.69) is 0 Å². The molecule has 2 aromatic carbocycles. The molecule has 0 radical (unpaired) electrons. The Morgan fingerprint density at radius 1 is 1.05 bits per heavy atom. The van der Waals surface area contributed by atoms with Crippen molar-refractivity contribution >= 4 is 29.1 Å². The number of nitro groups is 1. The topological polar surface area (TPSA) is 60.2 Å². The number of nitro benzene ring substituents is 1. The molecule has 0 aliphatic carbocycles.